The average molecular weight is 487 g/mol. The Bertz CT molecular complexity index is 929. The summed E-state index contributed by atoms with van der Waals surface area (Å²) in [6.07, 6.45) is 3.38. The minimum Gasteiger partial charge on any atom is -0.469 e. The van der Waals surface area contributed by atoms with Crippen LogP contribution in [0.3, 0.4) is 0 Å². The van der Waals surface area contributed by atoms with Gasteiger partial charge in [0.25, 0.3) is 0 Å². The molecule has 0 bridgehead atoms. The van der Waals surface area contributed by atoms with Crippen LogP contribution in [0.25, 0.3) is 0 Å². The Labute approximate surface area is 208 Å². The SMILES string of the molecule is COC(=O)CCN(CCc1ccccc1)C(=O)CC1CCN(c2ccc(C(=N)N)cc2)CC1.Cl. The van der Waals surface area contributed by atoms with Gasteiger partial charge >= 0.3 is 5.97 Å². The van der Waals surface area contributed by atoms with Crippen molar-refractivity contribution in [3.63, 3.8) is 0 Å². The van der Waals surface area contributed by atoms with Gasteiger partial charge in [-0.15, -0.1) is 12.4 Å². The van der Waals surface area contributed by atoms with Crippen molar-refractivity contribution in [3.8, 4) is 0 Å². The van der Waals surface area contributed by atoms with Crippen molar-refractivity contribution < 1.29 is 14.3 Å². The number of ether oxygens (including phenoxy) is 1. The molecule has 0 saturated carbocycles. The molecule has 0 unspecified atom stereocenters. The molecule has 184 valence electrons. The maximum atomic E-state index is 13.1. The van der Waals surface area contributed by atoms with Crippen LogP contribution < -0.4 is 10.6 Å². The molecule has 2 aromatic carbocycles. The number of nitrogen functional groups attached to an aromatic ring is 1. The Morgan fingerprint density at radius 1 is 1.06 bits per heavy atom. The number of carbonyl (C=O) groups is 2. The highest BCUT2D eigenvalue weighted by Gasteiger charge is 2.24. The number of methoxy groups -OCH3 is 1. The number of amidine groups is 1. The average Bonchev–Trinajstić information content (AvgIpc) is 2.85. The highest BCUT2D eigenvalue weighted by atomic mass is 35.5. The molecule has 1 aliphatic rings. The molecule has 0 aromatic heterocycles. The third kappa shape index (κ3) is 8.06. The fourth-order valence-electron chi connectivity index (χ4n) is 4.22. The number of benzene rings is 2. The molecule has 1 saturated heterocycles. The van der Waals surface area contributed by atoms with Crippen LogP contribution in [0.15, 0.2) is 54.6 Å². The molecule has 3 rings (SSSR count). The number of hydrogen-bond acceptors (Lipinski definition) is 5. The number of nitrogens with zero attached hydrogens (tertiary/aromatic N) is 2. The first-order chi connectivity index (χ1) is 16.0. The van der Waals surface area contributed by atoms with Crippen LogP contribution in [0.2, 0.25) is 0 Å². The lowest BCUT2D eigenvalue weighted by atomic mass is 9.92. The highest BCUT2D eigenvalue weighted by molar-refractivity contribution is 5.95. The third-order valence-corrected chi connectivity index (χ3v) is 6.30. The van der Waals surface area contributed by atoms with Crippen LogP contribution >= 0.6 is 12.4 Å². The summed E-state index contributed by atoms with van der Waals surface area (Å²) < 4.78 is 4.77. The molecule has 0 radical (unpaired) electrons. The maximum absolute atomic E-state index is 13.1. The molecule has 7 nitrogen and oxygen atoms in total. The van der Waals surface area contributed by atoms with E-state index in [1.165, 1.54) is 12.7 Å². The molecular formula is C26H35ClN4O3. The topological polar surface area (TPSA) is 99.7 Å². The monoisotopic (exact) mass is 486 g/mol. The number of amides is 1. The Morgan fingerprint density at radius 2 is 1.71 bits per heavy atom. The molecular weight excluding hydrogens is 452 g/mol. The van der Waals surface area contributed by atoms with Crippen molar-refractivity contribution in [3.05, 3.63) is 65.7 Å². The summed E-state index contributed by atoms with van der Waals surface area (Å²) in [7, 11) is 1.37. The van der Waals surface area contributed by atoms with Gasteiger partial charge in [0.05, 0.1) is 13.5 Å². The predicted octanol–water partition coefficient (Wildman–Crippen LogP) is 3.63. The number of rotatable bonds is 10. The summed E-state index contributed by atoms with van der Waals surface area (Å²) in [5, 5.41) is 7.52. The van der Waals surface area contributed by atoms with Crippen LogP contribution in [-0.4, -0.2) is 55.9 Å². The van der Waals surface area contributed by atoms with Gasteiger partial charge in [-0.3, -0.25) is 15.0 Å². The zero-order valence-corrected chi connectivity index (χ0v) is 20.6. The molecule has 1 heterocycles. The summed E-state index contributed by atoms with van der Waals surface area (Å²) in [4.78, 5) is 28.9. The first-order valence-corrected chi connectivity index (χ1v) is 11.5. The zero-order chi connectivity index (χ0) is 23.6. The molecule has 0 aliphatic carbocycles. The van der Waals surface area contributed by atoms with Crippen molar-refractivity contribution in [1.82, 2.24) is 4.90 Å². The van der Waals surface area contributed by atoms with Gasteiger partial charge < -0.3 is 20.3 Å². The molecule has 1 aliphatic heterocycles. The molecule has 0 atom stereocenters. The van der Waals surface area contributed by atoms with E-state index < -0.39 is 0 Å². The van der Waals surface area contributed by atoms with Gasteiger partial charge in [0, 0.05) is 43.9 Å². The lowest BCUT2D eigenvalue weighted by Crippen LogP contribution is -2.39. The Hall–Kier alpha value is -3.06. The second-order valence-electron chi connectivity index (χ2n) is 8.54. The number of esters is 1. The Kier molecular flexibility index (Phi) is 10.9. The summed E-state index contributed by atoms with van der Waals surface area (Å²) in [6, 6.07) is 17.8. The van der Waals surface area contributed by atoms with Gasteiger partial charge in [-0.05, 0) is 55.0 Å². The van der Waals surface area contributed by atoms with Gasteiger partial charge in [0.15, 0.2) is 0 Å². The first-order valence-electron chi connectivity index (χ1n) is 11.5. The number of anilines is 1. The fourth-order valence-corrected chi connectivity index (χ4v) is 4.22. The summed E-state index contributed by atoms with van der Waals surface area (Å²) in [5.41, 5.74) is 8.56. The van der Waals surface area contributed by atoms with Crippen molar-refractivity contribution >= 4 is 35.8 Å². The van der Waals surface area contributed by atoms with Gasteiger partial charge in [0.2, 0.25) is 5.91 Å². The zero-order valence-electron chi connectivity index (χ0n) is 19.7. The molecule has 0 spiro atoms. The molecule has 1 fully saturated rings. The fraction of sp³-hybridized carbons (Fsp3) is 0.423. The van der Waals surface area contributed by atoms with E-state index in [2.05, 4.69) is 17.0 Å². The minimum absolute atomic E-state index is 0. The third-order valence-electron chi connectivity index (χ3n) is 6.30. The standard InChI is InChI=1S/C26H34N4O3.ClH/c1-33-25(32)14-18-30(17-11-20-5-3-2-4-6-20)24(31)19-21-12-15-29(16-13-21)23-9-7-22(8-10-23)26(27)28;/h2-10,21H,11-19H2,1H3,(H3,27,28);1H. The van der Waals surface area contributed by atoms with E-state index in [-0.39, 0.29) is 36.5 Å². The van der Waals surface area contributed by atoms with Crippen LogP contribution in [-0.2, 0) is 20.7 Å². The van der Waals surface area contributed by atoms with E-state index in [4.69, 9.17) is 15.9 Å². The summed E-state index contributed by atoms with van der Waals surface area (Å²) in [6.45, 7) is 2.77. The number of nitrogens with two attached hydrogens (primary N) is 1. The van der Waals surface area contributed by atoms with E-state index >= 15 is 0 Å². The molecule has 34 heavy (non-hydrogen) atoms. The number of hydrogen-bond donors (Lipinski definition) is 2. The maximum Gasteiger partial charge on any atom is 0.307 e. The Morgan fingerprint density at radius 3 is 2.29 bits per heavy atom. The van der Waals surface area contributed by atoms with Gasteiger partial charge in [-0.1, -0.05) is 30.3 Å². The number of piperidine rings is 1. The molecule has 2 aromatic rings. The summed E-state index contributed by atoms with van der Waals surface area (Å²) in [5.74, 6) is 0.223. The lowest BCUT2D eigenvalue weighted by molar-refractivity contribution is -0.141. The van der Waals surface area contributed by atoms with Crippen molar-refractivity contribution in [1.29, 1.82) is 5.41 Å². The second kappa shape index (κ2) is 13.6. The van der Waals surface area contributed by atoms with Crippen LogP contribution in [0, 0.1) is 11.3 Å². The lowest BCUT2D eigenvalue weighted by Gasteiger charge is -2.34. The molecule has 3 N–H and O–H groups in total. The Balaban J connectivity index is 0.00000408. The van der Waals surface area contributed by atoms with Crippen LogP contribution in [0.5, 0.6) is 0 Å². The smallest absolute Gasteiger partial charge is 0.307 e. The number of halogens is 1. The van der Waals surface area contributed by atoms with E-state index in [0.29, 0.717) is 25.4 Å². The quantitative estimate of drug-likeness (QED) is 0.303. The summed E-state index contributed by atoms with van der Waals surface area (Å²) >= 11 is 0. The predicted molar refractivity (Wildman–Crippen MR) is 138 cm³/mol. The van der Waals surface area contributed by atoms with Crippen LogP contribution in [0.1, 0.15) is 36.8 Å². The first kappa shape index (κ1) is 27.2. The van der Waals surface area contributed by atoms with E-state index in [1.807, 2.05) is 47.4 Å². The molecule has 8 heteroatoms. The normalized spacial score (nSPS) is 13.6. The second-order valence-corrected chi connectivity index (χ2v) is 8.54. The number of carbonyl (C=O) groups excluding carboxylic acids is 2. The van der Waals surface area contributed by atoms with Crippen LogP contribution in [0.4, 0.5) is 5.69 Å². The van der Waals surface area contributed by atoms with E-state index in [0.717, 1.165) is 43.6 Å². The minimum atomic E-state index is -0.295. The van der Waals surface area contributed by atoms with E-state index in [1.54, 1.807) is 0 Å². The van der Waals surface area contributed by atoms with Gasteiger partial charge in [-0.2, -0.15) is 0 Å². The number of nitrogens with one attached hydrogen (secondary N) is 1. The van der Waals surface area contributed by atoms with E-state index in [9.17, 15) is 9.59 Å². The van der Waals surface area contributed by atoms with Gasteiger partial charge in [0.1, 0.15) is 5.84 Å². The van der Waals surface area contributed by atoms with Crippen molar-refractivity contribution in [2.24, 2.45) is 11.7 Å². The van der Waals surface area contributed by atoms with Gasteiger partial charge in [-0.25, -0.2) is 0 Å². The largest absolute Gasteiger partial charge is 0.469 e. The molecule has 1 amide bonds. The highest BCUT2D eigenvalue weighted by Crippen LogP contribution is 2.26. The van der Waals surface area contributed by atoms with Crippen molar-refractivity contribution in [2.45, 2.75) is 32.1 Å². The van der Waals surface area contributed by atoms with Crippen molar-refractivity contribution in [2.75, 3.05) is 38.2 Å².